The number of hydrogen-bond donors (Lipinski definition) is 3. The lowest BCUT2D eigenvalue weighted by atomic mass is 10.0. The zero-order valence-electron chi connectivity index (χ0n) is 17.6. The second-order valence-corrected chi connectivity index (χ2v) is 8.91. The van der Waals surface area contributed by atoms with Crippen LogP contribution in [0.4, 0.5) is 5.69 Å². The summed E-state index contributed by atoms with van der Waals surface area (Å²) >= 11 is 0. The molecular formula is C25H22N4O3S. The van der Waals surface area contributed by atoms with Crippen LogP contribution in [-0.4, -0.2) is 19.3 Å². The highest BCUT2D eigenvalue weighted by Gasteiger charge is 2.16. The Morgan fingerprint density at radius 1 is 0.848 bits per heavy atom. The fraction of sp³-hybridized carbons (Fsp3) is 0.0400. The highest BCUT2D eigenvalue weighted by Crippen LogP contribution is 2.28. The second-order valence-electron chi connectivity index (χ2n) is 7.38. The summed E-state index contributed by atoms with van der Waals surface area (Å²) in [5.74, 6) is -0.360. The van der Waals surface area contributed by atoms with Crippen molar-refractivity contribution in [2.45, 2.75) is 11.4 Å². The van der Waals surface area contributed by atoms with Gasteiger partial charge in [0.1, 0.15) is 5.69 Å². The molecule has 0 unspecified atom stereocenters. The molecule has 0 radical (unpaired) electrons. The third kappa shape index (κ3) is 4.98. The van der Waals surface area contributed by atoms with E-state index < -0.39 is 10.0 Å². The van der Waals surface area contributed by atoms with Gasteiger partial charge in [-0.25, -0.2) is 13.6 Å². The number of aromatic nitrogens is 1. The van der Waals surface area contributed by atoms with E-state index in [0.29, 0.717) is 28.9 Å². The zero-order valence-corrected chi connectivity index (χ0v) is 18.4. The molecule has 0 saturated heterocycles. The summed E-state index contributed by atoms with van der Waals surface area (Å²) in [6.45, 7) is 0.399. The average Bonchev–Trinajstić information content (AvgIpc) is 2.84. The molecule has 166 valence electrons. The molecule has 0 saturated carbocycles. The Kier molecular flexibility index (Phi) is 6.32. The number of nitrogens with zero attached hydrogens (tertiary/aromatic N) is 1. The molecule has 8 heteroatoms. The predicted molar refractivity (Wildman–Crippen MR) is 129 cm³/mol. The van der Waals surface area contributed by atoms with Gasteiger partial charge in [0.25, 0.3) is 5.91 Å². The number of anilines is 1. The van der Waals surface area contributed by atoms with Gasteiger partial charge in [0.2, 0.25) is 10.0 Å². The van der Waals surface area contributed by atoms with Crippen LogP contribution in [0.1, 0.15) is 16.1 Å². The fourth-order valence-corrected chi connectivity index (χ4v) is 4.32. The second kappa shape index (κ2) is 9.33. The standard InChI is InChI=1S/C25H22N4O3S/c26-16-17-5-3-6-19(15-17)22-8-4-14-28-24(22)25(30)29-20-12-10-18(11-13-20)21-7-1-2-9-23(21)33(27,31)32/h1-15H,16,26H2,(H,29,30)(H2,27,31,32). The summed E-state index contributed by atoms with van der Waals surface area (Å²) in [7, 11) is -3.87. The molecule has 0 spiro atoms. The predicted octanol–water partition coefficient (Wildman–Crippen LogP) is 3.77. The van der Waals surface area contributed by atoms with Crippen molar-refractivity contribution in [1.29, 1.82) is 0 Å². The third-order valence-corrected chi connectivity index (χ3v) is 6.11. The molecule has 7 nitrogen and oxygen atoms in total. The van der Waals surface area contributed by atoms with Gasteiger partial charge in [0.05, 0.1) is 4.90 Å². The van der Waals surface area contributed by atoms with Crippen LogP contribution in [0, 0.1) is 0 Å². The molecule has 1 amide bonds. The number of carbonyl (C=O) groups excluding carboxylic acids is 1. The number of amides is 1. The molecule has 0 aliphatic carbocycles. The molecule has 3 aromatic carbocycles. The lowest BCUT2D eigenvalue weighted by molar-refractivity contribution is 0.102. The Bertz CT molecular complexity index is 1420. The molecule has 0 bridgehead atoms. The Labute approximate surface area is 192 Å². The lowest BCUT2D eigenvalue weighted by Crippen LogP contribution is -2.15. The van der Waals surface area contributed by atoms with Gasteiger partial charge < -0.3 is 11.1 Å². The van der Waals surface area contributed by atoms with Crippen molar-refractivity contribution < 1.29 is 13.2 Å². The van der Waals surface area contributed by atoms with Gasteiger partial charge in [0, 0.05) is 29.6 Å². The van der Waals surface area contributed by atoms with E-state index in [2.05, 4.69) is 10.3 Å². The van der Waals surface area contributed by atoms with E-state index in [9.17, 15) is 13.2 Å². The third-order valence-electron chi connectivity index (χ3n) is 5.14. The quantitative estimate of drug-likeness (QED) is 0.405. The summed E-state index contributed by atoms with van der Waals surface area (Å²) in [5, 5.41) is 8.19. The summed E-state index contributed by atoms with van der Waals surface area (Å²) in [6, 6.07) is 24.6. The Morgan fingerprint density at radius 2 is 1.58 bits per heavy atom. The molecular weight excluding hydrogens is 436 g/mol. The minimum absolute atomic E-state index is 0.0413. The summed E-state index contributed by atoms with van der Waals surface area (Å²) < 4.78 is 23.8. The van der Waals surface area contributed by atoms with Crippen LogP contribution < -0.4 is 16.2 Å². The summed E-state index contributed by atoms with van der Waals surface area (Å²) in [6.07, 6.45) is 1.57. The first-order valence-corrected chi connectivity index (χ1v) is 11.7. The normalized spacial score (nSPS) is 11.2. The highest BCUT2D eigenvalue weighted by atomic mass is 32.2. The van der Waals surface area contributed by atoms with Crippen molar-refractivity contribution in [3.05, 3.63) is 102 Å². The van der Waals surface area contributed by atoms with Crippen LogP contribution in [-0.2, 0) is 16.6 Å². The fourth-order valence-electron chi connectivity index (χ4n) is 3.56. The molecule has 0 fully saturated rings. The van der Waals surface area contributed by atoms with Crippen LogP contribution >= 0.6 is 0 Å². The number of sulfonamides is 1. The van der Waals surface area contributed by atoms with E-state index >= 15 is 0 Å². The molecule has 33 heavy (non-hydrogen) atoms. The molecule has 0 aliphatic rings. The van der Waals surface area contributed by atoms with E-state index in [1.165, 1.54) is 6.07 Å². The van der Waals surface area contributed by atoms with Gasteiger partial charge in [-0.05, 0) is 47.0 Å². The summed E-state index contributed by atoms with van der Waals surface area (Å²) in [4.78, 5) is 17.3. The van der Waals surface area contributed by atoms with E-state index in [1.807, 2.05) is 30.3 Å². The number of benzene rings is 3. The zero-order chi connectivity index (χ0) is 23.4. The van der Waals surface area contributed by atoms with Gasteiger partial charge in [-0.3, -0.25) is 9.78 Å². The van der Waals surface area contributed by atoms with Gasteiger partial charge >= 0.3 is 0 Å². The number of hydrogen-bond acceptors (Lipinski definition) is 5. The topological polar surface area (TPSA) is 128 Å². The monoisotopic (exact) mass is 458 g/mol. The smallest absolute Gasteiger partial charge is 0.274 e. The van der Waals surface area contributed by atoms with E-state index in [0.717, 1.165) is 11.1 Å². The van der Waals surface area contributed by atoms with Crippen LogP contribution in [0.25, 0.3) is 22.3 Å². The first kappa shape index (κ1) is 22.3. The maximum Gasteiger partial charge on any atom is 0.274 e. The van der Waals surface area contributed by atoms with Gasteiger partial charge in [0.15, 0.2) is 0 Å². The molecule has 1 aromatic heterocycles. The van der Waals surface area contributed by atoms with Gasteiger partial charge in [-0.2, -0.15) is 0 Å². The number of carbonyl (C=O) groups is 1. The highest BCUT2D eigenvalue weighted by molar-refractivity contribution is 7.89. The van der Waals surface area contributed by atoms with Crippen LogP contribution in [0.2, 0.25) is 0 Å². The Morgan fingerprint density at radius 3 is 2.30 bits per heavy atom. The van der Waals surface area contributed by atoms with Crippen molar-refractivity contribution >= 4 is 21.6 Å². The molecule has 4 rings (SSSR count). The molecule has 0 aliphatic heterocycles. The Hall–Kier alpha value is -3.85. The van der Waals surface area contributed by atoms with Crippen molar-refractivity contribution in [2.24, 2.45) is 10.9 Å². The van der Waals surface area contributed by atoms with Crippen molar-refractivity contribution in [3.8, 4) is 22.3 Å². The molecule has 4 aromatic rings. The number of nitrogens with two attached hydrogens (primary N) is 2. The van der Waals surface area contributed by atoms with Crippen molar-refractivity contribution in [1.82, 2.24) is 4.98 Å². The maximum absolute atomic E-state index is 13.0. The minimum atomic E-state index is -3.87. The number of nitrogens with one attached hydrogen (secondary N) is 1. The van der Waals surface area contributed by atoms with E-state index in [1.54, 1.807) is 54.7 Å². The first-order valence-electron chi connectivity index (χ1n) is 10.1. The van der Waals surface area contributed by atoms with Crippen LogP contribution in [0.5, 0.6) is 0 Å². The number of rotatable bonds is 6. The maximum atomic E-state index is 13.0. The first-order chi connectivity index (χ1) is 15.9. The average molecular weight is 459 g/mol. The van der Waals surface area contributed by atoms with E-state index in [-0.39, 0.29) is 16.5 Å². The Balaban J connectivity index is 1.60. The van der Waals surface area contributed by atoms with Gasteiger partial charge in [-0.1, -0.05) is 54.6 Å². The summed E-state index contributed by atoms with van der Waals surface area (Å²) in [5.41, 5.74) is 10.2. The molecule has 1 heterocycles. The lowest BCUT2D eigenvalue weighted by Gasteiger charge is -2.12. The van der Waals surface area contributed by atoms with Crippen LogP contribution in [0.3, 0.4) is 0 Å². The van der Waals surface area contributed by atoms with Crippen molar-refractivity contribution in [2.75, 3.05) is 5.32 Å². The van der Waals surface area contributed by atoms with E-state index in [4.69, 9.17) is 10.9 Å². The van der Waals surface area contributed by atoms with Crippen molar-refractivity contribution in [3.63, 3.8) is 0 Å². The number of pyridine rings is 1. The molecule has 0 atom stereocenters. The molecule has 5 N–H and O–H groups in total. The minimum Gasteiger partial charge on any atom is -0.326 e. The SMILES string of the molecule is NCc1cccc(-c2cccnc2C(=O)Nc2ccc(-c3ccccc3S(N)(=O)=O)cc2)c1. The van der Waals surface area contributed by atoms with Crippen LogP contribution in [0.15, 0.2) is 96.0 Å². The number of primary sulfonamides is 1. The van der Waals surface area contributed by atoms with Gasteiger partial charge in [-0.15, -0.1) is 0 Å². The largest absolute Gasteiger partial charge is 0.326 e.